The van der Waals surface area contributed by atoms with Gasteiger partial charge >= 0.3 is 0 Å². The van der Waals surface area contributed by atoms with Gasteiger partial charge in [0.15, 0.2) is 0 Å². The molecule has 2 rings (SSSR count). The first-order valence-electron chi connectivity index (χ1n) is 4.46. The molecule has 1 heterocycles. The minimum atomic E-state index is 0.142. The smallest absolute Gasteiger partial charge is 0.243 e. The summed E-state index contributed by atoms with van der Waals surface area (Å²) < 4.78 is 5.42. The van der Waals surface area contributed by atoms with Crippen LogP contribution in [0.2, 0.25) is 15.1 Å². The predicted molar refractivity (Wildman–Crippen MR) is 68.0 cm³/mol. The van der Waals surface area contributed by atoms with Crippen molar-refractivity contribution in [3.63, 3.8) is 0 Å². The molecule has 88 valence electrons. The van der Waals surface area contributed by atoms with Gasteiger partial charge in [0.05, 0.1) is 0 Å². The highest BCUT2D eigenvalue weighted by molar-refractivity contribution is 6.35. The Balaban J connectivity index is 2.34. The van der Waals surface area contributed by atoms with E-state index in [-0.39, 0.29) is 16.7 Å². The summed E-state index contributed by atoms with van der Waals surface area (Å²) in [5.74, 6) is 0.713. The minimum absolute atomic E-state index is 0.142. The van der Waals surface area contributed by atoms with Gasteiger partial charge in [0.2, 0.25) is 5.88 Å². The SMILES string of the molecule is Nc1ncnc(Oc2cc(Cl)cc(Cl)c2)c1Cl. The maximum absolute atomic E-state index is 5.88. The van der Waals surface area contributed by atoms with Crippen LogP contribution in [-0.4, -0.2) is 9.97 Å². The van der Waals surface area contributed by atoms with E-state index >= 15 is 0 Å². The Kier molecular flexibility index (Phi) is 3.57. The molecular weight excluding hydrogens is 284 g/mol. The second-order valence-corrected chi connectivity index (χ2v) is 4.34. The van der Waals surface area contributed by atoms with Gasteiger partial charge in [-0.25, -0.2) is 4.98 Å². The lowest BCUT2D eigenvalue weighted by Crippen LogP contribution is -1.96. The van der Waals surface area contributed by atoms with E-state index in [0.29, 0.717) is 15.8 Å². The zero-order valence-electron chi connectivity index (χ0n) is 8.32. The number of nitrogens with two attached hydrogens (primary N) is 1. The molecule has 0 atom stereocenters. The van der Waals surface area contributed by atoms with E-state index in [4.69, 9.17) is 45.3 Å². The van der Waals surface area contributed by atoms with Crippen molar-refractivity contribution in [3.8, 4) is 11.6 Å². The molecule has 4 nitrogen and oxygen atoms in total. The van der Waals surface area contributed by atoms with Gasteiger partial charge in [0.25, 0.3) is 0 Å². The van der Waals surface area contributed by atoms with Crippen LogP contribution in [0.15, 0.2) is 24.5 Å². The number of hydrogen-bond donors (Lipinski definition) is 1. The van der Waals surface area contributed by atoms with E-state index in [1.165, 1.54) is 6.33 Å². The zero-order valence-corrected chi connectivity index (χ0v) is 10.6. The van der Waals surface area contributed by atoms with Crippen LogP contribution in [0.1, 0.15) is 0 Å². The molecule has 0 unspecified atom stereocenters. The van der Waals surface area contributed by atoms with Crippen LogP contribution >= 0.6 is 34.8 Å². The molecule has 0 spiro atoms. The fourth-order valence-electron chi connectivity index (χ4n) is 1.14. The molecule has 0 aliphatic carbocycles. The molecule has 0 radical (unpaired) electrons. The largest absolute Gasteiger partial charge is 0.437 e. The summed E-state index contributed by atoms with van der Waals surface area (Å²) in [5, 5.41) is 1.04. The first-order chi connectivity index (χ1) is 8.06. The van der Waals surface area contributed by atoms with Crippen LogP contribution in [0.25, 0.3) is 0 Å². The average molecular weight is 291 g/mol. The van der Waals surface area contributed by atoms with Crippen molar-refractivity contribution in [2.24, 2.45) is 0 Å². The first kappa shape index (κ1) is 12.2. The molecule has 2 N–H and O–H groups in total. The van der Waals surface area contributed by atoms with E-state index in [1.54, 1.807) is 18.2 Å². The number of benzene rings is 1. The molecule has 0 saturated heterocycles. The lowest BCUT2D eigenvalue weighted by atomic mass is 10.3. The lowest BCUT2D eigenvalue weighted by molar-refractivity contribution is 0.462. The van der Waals surface area contributed by atoms with E-state index in [1.807, 2.05) is 0 Å². The Morgan fingerprint density at radius 2 is 1.65 bits per heavy atom. The maximum atomic E-state index is 5.88. The molecule has 0 aliphatic rings. The van der Waals surface area contributed by atoms with Crippen molar-refractivity contribution in [2.45, 2.75) is 0 Å². The fraction of sp³-hybridized carbons (Fsp3) is 0. The van der Waals surface area contributed by atoms with Crippen LogP contribution in [-0.2, 0) is 0 Å². The summed E-state index contributed by atoms with van der Waals surface area (Å²) in [6, 6.07) is 4.76. The summed E-state index contributed by atoms with van der Waals surface area (Å²) in [7, 11) is 0. The van der Waals surface area contributed by atoms with Gasteiger partial charge in [-0.1, -0.05) is 34.8 Å². The van der Waals surface area contributed by atoms with E-state index in [9.17, 15) is 0 Å². The first-order valence-corrected chi connectivity index (χ1v) is 5.59. The number of nitrogens with zero attached hydrogens (tertiary/aromatic N) is 2. The van der Waals surface area contributed by atoms with Gasteiger partial charge in [0, 0.05) is 10.0 Å². The standard InChI is InChI=1S/C10H6Cl3N3O/c11-5-1-6(12)3-7(2-5)17-10-8(13)9(14)15-4-16-10/h1-4H,(H2,14,15,16). The second kappa shape index (κ2) is 4.96. The molecule has 1 aromatic carbocycles. The van der Waals surface area contributed by atoms with E-state index in [2.05, 4.69) is 9.97 Å². The van der Waals surface area contributed by atoms with Crippen molar-refractivity contribution >= 4 is 40.6 Å². The quantitative estimate of drug-likeness (QED) is 0.913. The Morgan fingerprint density at radius 1 is 1.00 bits per heavy atom. The molecule has 7 heteroatoms. The molecule has 0 amide bonds. The summed E-state index contributed by atoms with van der Waals surface area (Å²) in [6.07, 6.45) is 1.25. The molecular formula is C10H6Cl3N3O. The van der Waals surface area contributed by atoms with Crippen molar-refractivity contribution in [2.75, 3.05) is 5.73 Å². The molecule has 0 bridgehead atoms. The Hall–Kier alpha value is -1.23. The highest BCUT2D eigenvalue weighted by Crippen LogP contribution is 2.32. The average Bonchev–Trinajstić information content (AvgIpc) is 2.23. The number of hydrogen-bond acceptors (Lipinski definition) is 4. The normalized spacial score (nSPS) is 10.3. The number of aromatic nitrogens is 2. The van der Waals surface area contributed by atoms with Crippen LogP contribution in [0, 0.1) is 0 Å². The third-order valence-electron chi connectivity index (χ3n) is 1.84. The van der Waals surface area contributed by atoms with Crippen LogP contribution in [0.3, 0.4) is 0 Å². The molecule has 0 saturated carbocycles. The highest BCUT2D eigenvalue weighted by Gasteiger charge is 2.09. The summed E-state index contributed by atoms with van der Waals surface area (Å²) in [6.45, 7) is 0. The molecule has 0 aliphatic heterocycles. The molecule has 17 heavy (non-hydrogen) atoms. The van der Waals surface area contributed by atoms with Gasteiger partial charge in [-0.2, -0.15) is 4.98 Å². The van der Waals surface area contributed by atoms with Crippen LogP contribution in [0.5, 0.6) is 11.6 Å². The van der Waals surface area contributed by atoms with Crippen LogP contribution < -0.4 is 10.5 Å². The van der Waals surface area contributed by atoms with Gasteiger partial charge in [-0.05, 0) is 18.2 Å². The third-order valence-corrected chi connectivity index (χ3v) is 2.63. The number of halogens is 3. The number of ether oxygens (including phenoxy) is 1. The fourth-order valence-corrected chi connectivity index (χ4v) is 1.78. The third kappa shape index (κ3) is 2.91. The van der Waals surface area contributed by atoms with Gasteiger partial charge in [-0.3, -0.25) is 0 Å². The van der Waals surface area contributed by atoms with Crippen molar-refractivity contribution in [3.05, 3.63) is 39.6 Å². The Morgan fingerprint density at radius 3 is 2.29 bits per heavy atom. The second-order valence-electron chi connectivity index (χ2n) is 3.09. The Labute approximate surface area is 112 Å². The summed E-state index contributed by atoms with van der Waals surface area (Å²) >= 11 is 17.5. The van der Waals surface area contributed by atoms with Crippen LogP contribution in [0.4, 0.5) is 5.82 Å². The minimum Gasteiger partial charge on any atom is -0.437 e. The predicted octanol–water partition coefficient (Wildman–Crippen LogP) is 3.81. The van der Waals surface area contributed by atoms with Gasteiger partial charge in [0.1, 0.15) is 22.9 Å². The number of anilines is 1. The van der Waals surface area contributed by atoms with Crippen molar-refractivity contribution < 1.29 is 4.74 Å². The molecule has 1 aromatic heterocycles. The summed E-state index contributed by atoms with van der Waals surface area (Å²) in [5.41, 5.74) is 5.52. The summed E-state index contributed by atoms with van der Waals surface area (Å²) in [4.78, 5) is 7.58. The van der Waals surface area contributed by atoms with E-state index < -0.39 is 0 Å². The monoisotopic (exact) mass is 289 g/mol. The highest BCUT2D eigenvalue weighted by atomic mass is 35.5. The maximum Gasteiger partial charge on any atom is 0.243 e. The molecule has 0 fully saturated rings. The van der Waals surface area contributed by atoms with Crippen molar-refractivity contribution in [1.82, 2.24) is 9.97 Å². The number of rotatable bonds is 2. The number of nitrogen functional groups attached to an aromatic ring is 1. The molecule has 2 aromatic rings. The van der Waals surface area contributed by atoms with Crippen molar-refractivity contribution in [1.29, 1.82) is 0 Å². The zero-order chi connectivity index (χ0) is 12.4. The van der Waals surface area contributed by atoms with Gasteiger partial charge in [-0.15, -0.1) is 0 Å². The van der Waals surface area contributed by atoms with Gasteiger partial charge < -0.3 is 10.5 Å². The van der Waals surface area contributed by atoms with E-state index in [0.717, 1.165) is 0 Å². The Bertz CT molecular complexity index is 542. The topological polar surface area (TPSA) is 61.0 Å². The lowest BCUT2D eigenvalue weighted by Gasteiger charge is -2.07.